The predicted octanol–water partition coefficient (Wildman–Crippen LogP) is 1.00. The van der Waals surface area contributed by atoms with Crippen LogP contribution in [0.5, 0.6) is 0 Å². The maximum Gasteiger partial charge on any atom is 0.0793 e. The van der Waals surface area contributed by atoms with E-state index in [9.17, 15) is 5.11 Å². The molecule has 74 valence electrons. The van der Waals surface area contributed by atoms with Gasteiger partial charge in [-0.2, -0.15) is 0 Å². The van der Waals surface area contributed by atoms with Crippen molar-refractivity contribution in [2.75, 3.05) is 19.6 Å². The number of fused-ring (bicyclic) bond motifs is 1. The quantitative estimate of drug-likeness (QED) is 0.750. The van der Waals surface area contributed by atoms with Crippen molar-refractivity contribution in [2.24, 2.45) is 0 Å². The van der Waals surface area contributed by atoms with E-state index in [0.717, 1.165) is 25.6 Å². The number of aliphatic hydroxyl groups is 1. The Morgan fingerprint density at radius 2 is 2.07 bits per heavy atom. The van der Waals surface area contributed by atoms with E-state index in [2.05, 4.69) is 29.2 Å². The number of likely N-dealkylation sites (tertiary alicyclic amines) is 1. The third kappa shape index (κ3) is 1.26. The van der Waals surface area contributed by atoms with Crippen LogP contribution in [0.1, 0.15) is 17.0 Å². The van der Waals surface area contributed by atoms with Crippen molar-refractivity contribution in [3.8, 4) is 0 Å². The smallest absolute Gasteiger partial charge is 0.0793 e. The van der Waals surface area contributed by atoms with Crippen molar-refractivity contribution in [1.29, 1.82) is 0 Å². The standard InChI is InChI=1S/C12H15NO/c14-11-7-13(8-11)6-10-5-9-3-1-2-4-12(9)10/h1-4,10-11,14H,5-8H2. The van der Waals surface area contributed by atoms with E-state index in [1.54, 1.807) is 0 Å². The summed E-state index contributed by atoms with van der Waals surface area (Å²) in [4.78, 5) is 2.34. The number of aliphatic hydroxyl groups excluding tert-OH is 1. The van der Waals surface area contributed by atoms with Gasteiger partial charge in [0, 0.05) is 25.6 Å². The largest absolute Gasteiger partial charge is 0.390 e. The average Bonchev–Trinajstić information content (AvgIpc) is 2.11. The first kappa shape index (κ1) is 8.45. The van der Waals surface area contributed by atoms with Gasteiger partial charge >= 0.3 is 0 Å². The van der Waals surface area contributed by atoms with Crippen LogP contribution in [0.25, 0.3) is 0 Å². The van der Waals surface area contributed by atoms with E-state index in [0.29, 0.717) is 0 Å². The fourth-order valence-corrected chi connectivity index (χ4v) is 2.53. The van der Waals surface area contributed by atoms with Gasteiger partial charge in [-0.25, -0.2) is 0 Å². The van der Waals surface area contributed by atoms with Crippen LogP contribution < -0.4 is 0 Å². The molecular weight excluding hydrogens is 174 g/mol. The summed E-state index contributed by atoms with van der Waals surface area (Å²) in [7, 11) is 0. The maximum atomic E-state index is 9.18. The molecule has 0 spiro atoms. The molecule has 0 bridgehead atoms. The van der Waals surface area contributed by atoms with Gasteiger partial charge in [0.05, 0.1) is 6.10 Å². The van der Waals surface area contributed by atoms with E-state index in [4.69, 9.17) is 0 Å². The molecule has 0 aromatic heterocycles. The third-order valence-electron chi connectivity index (χ3n) is 3.38. The number of hydrogen-bond donors (Lipinski definition) is 1. The van der Waals surface area contributed by atoms with E-state index in [1.165, 1.54) is 17.5 Å². The average molecular weight is 189 g/mol. The van der Waals surface area contributed by atoms with Crippen LogP contribution >= 0.6 is 0 Å². The Morgan fingerprint density at radius 3 is 2.79 bits per heavy atom. The summed E-state index contributed by atoms with van der Waals surface area (Å²) < 4.78 is 0. The second kappa shape index (κ2) is 3.07. The van der Waals surface area contributed by atoms with Crippen LogP contribution in [0.4, 0.5) is 0 Å². The van der Waals surface area contributed by atoms with Crippen molar-refractivity contribution in [1.82, 2.24) is 4.90 Å². The first-order chi connectivity index (χ1) is 6.83. The summed E-state index contributed by atoms with van der Waals surface area (Å²) in [5.41, 5.74) is 3.03. The van der Waals surface area contributed by atoms with Crippen LogP contribution in [0.15, 0.2) is 24.3 Å². The molecule has 2 nitrogen and oxygen atoms in total. The zero-order valence-corrected chi connectivity index (χ0v) is 8.19. The van der Waals surface area contributed by atoms with Gasteiger partial charge < -0.3 is 5.11 Å². The van der Waals surface area contributed by atoms with E-state index in [1.807, 2.05) is 0 Å². The SMILES string of the molecule is OC1CN(CC2Cc3ccccc32)C1. The minimum absolute atomic E-state index is 0.0645. The number of hydrogen-bond acceptors (Lipinski definition) is 2. The lowest BCUT2D eigenvalue weighted by Crippen LogP contribution is -2.52. The third-order valence-corrected chi connectivity index (χ3v) is 3.38. The van der Waals surface area contributed by atoms with E-state index >= 15 is 0 Å². The summed E-state index contributed by atoms with van der Waals surface area (Å²) in [5, 5.41) is 9.18. The molecule has 0 radical (unpaired) electrons. The van der Waals surface area contributed by atoms with Crippen LogP contribution in [0.3, 0.4) is 0 Å². The van der Waals surface area contributed by atoms with Crippen molar-refractivity contribution < 1.29 is 5.11 Å². The highest BCUT2D eigenvalue weighted by atomic mass is 16.3. The molecule has 1 fully saturated rings. The van der Waals surface area contributed by atoms with E-state index < -0.39 is 0 Å². The molecule has 1 saturated heterocycles. The lowest BCUT2D eigenvalue weighted by molar-refractivity contribution is -0.00239. The maximum absolute atomic E-state index is 9.18. The highest BCUT2D eigenvalue weighted by Gasteiger charge is 2.31. The lowest BCUT2D eigenvalue weighted by Gasteiger charge is -2.41. The Bertz CT molecular complexity index is 344. The molecule has 1 atom stereocenters. The molecule has 14 heavy (non-hydrogen) atoms. The number of β-amino-alcohol motifs (C(OH)–C–C–N with tert-alkyl or cyclic N) is 1. The second-order valence-corrected chi connectivity index (χ2v) is 4.47. The van der Waals surface area contributed by atoms with Crippen LogP contribution in [-0.2, 0) is 6.42 Å². The fraction of sp³-hybridized carbons (Fsp3) is 0.500. The molecule has 2 heteroatoms. The zero-order chi connectivity index (χ0) is 9.54. The van der Waals surface area contributed by atoms with Crippen molar-refractivity contribution >= 4 is 0 Å². The zero-order valence-electron chi connectivity index (χ0n) is 8.19. The minimum atomic E-state index is -0.0645. The van der Waals surface area contributed by atoms with Crippen LogP contribution in [0.2, 0.25) is 0 Å². The van der Waals surface area contributed by atoms with Gasteiger partial charge in [0.1, 0.15) is 0 Å². The second-order valence-electron chi connectivity index (χ2n) is 4.47. The van der Waals surface area contributed by atoms with Gasteiger partial charge in [0.15, 0.2) is 0 Å². The Morgan fingerprint density at radius 1 is 1.29 bits per heavy atom. The predicted molar refractivity (Wildman–Crippen MR) is 55.3 cm³/mol. The molecule has 1 unspecified atom stereocenters. The minimum Gasteiger partial charge on any atom is -0.390 e. The lowest BCUT2D eigenvalue weighted by atomic mass is 9.77. The summed E-state index contributed by atoms with van der Waals surface area (Å²) in [6.07, 6.45) is 1.16. The topological polar surface area (TPSA) is 23.5 Å². The van der Waals surface area contributed by atoms with Gasteiger partial charge in [0.2, 0.25) is 0 Å². The van der Waals surface area contributed by atoms with Crippen LogP contribution in [-0.4, -0.2) is 35.7 Å². The van der Waals surface area contributed by atoms with Gasteiger partial charge in [-0.1, -0.05) is 24.3 Å². The molecule has 0 saturated carbocycles. The molecular formula is C12H15NO. The molecule has 1 aliphatic carbocycles. The first-order valence-electron chi connectivity index (χ1n) is 5.31. The summed E-state index contributed by atoms with van der Waals surface area (Å²) in [6, 6.07) is 8.69. The Balaban J connectivity index is 1.63. The molecule has 1 aromatic rings. The Labute approximate surface area is 84.2 Å². The number of rotatable bonds is 2. The van der Waals surface area contributed by atoms with Crippen molar-refractivity contribution in [2.45, 2.75) is 18.4 Å². The van der Waals surface area contributed by atoms with Gasteiger partial charge in [-0.15, -0.1) is 0 Å². The Hall–Kier alpha value is -0.860. The molecule has 1 heterocycles. The normalized spacial score (nSPS) is 26.5. The molecule has 1 aliphatic heterocycles. The van der Waals surface area contributed by atoms with Crippen molar-refractivity contribution in [3.05, 3.63) is 35.4 Å². The fourth-order valence-electron chi connectivity index (χ4n) is 2.53. The summed E-state index contributed by atoms with van der Waals surface area (Å²) in [6.45, 7) is 2.88. The molecule has 2 aliphatic rings. The monoisotopic (exact) mass is 189 g/mol. The number of nitrogens with zero attached hydrogens (tertiary/aromatic N) is 1. The van der Waals surface area contributed by atoms with Crippen molar-refractivity contribution in [3.63, 3.8) is 0 Å². The summed E-state index contributed by atoms with van der Waals surface area (Å²) >= 11 is 0. The number of benzene rings is 1. The molecule has 1 aromatic carbocycles. The van der Waals surface area contributed by atoms with Crippen LogP contribution in [0, 0.1) is 0 Å². The highest BCUT2D eigenvalue weighted by Crippen LogP contribution is 2.35. The van der Waals surface area contributed by atoms with Gasteiger partial charge in [-0.05, 0) is 17.5 Å². The first-order valence-corrected chi connectivity index (χ1v) is 5.31. The summed E-state index contributed by atoms with van der Waals surface area (Å²) in [5.74, 6) is 0.721. The molecule has 0 amide bonds. The molecule has 1 N–H and O–H groups in total. The van der Waals surface area contributed by atoms with E-state index in [-0.39, 0.29) is 6.10 Å². The van der Waals surface area contributed by atoms with Gasteiger partial charge in [-0.3, -0.25) is 4.90 Å². The highest BCUT2D eigenvalue weighted by molar-refractivity contribution is 5.40. The van der Waals surface area contributed by atoms with Gasteiger partial charge in [0.25, 0.3) is 0 Å². The Kier molecular flexibility index (Phi) is 1.85. The molecule has 3 rings (SSSR count).